The smallest absolute Gasteiger partial charge is 0.225 e. The Morgan fingerprint density at radius 3 is 2.78 bits per heavy atom. The van der Waals surface area contributed by atoms with Gasteiger partial charge in [-0.2, -0.15) is 4.98 Å². The van der Waals surface area contributed by atoms with E-state index in [1.54, 1.807) is 25.2 Å². The average Bonchev–Trinajstić information content (AvgIpc) is 2.55. The van der Waals surface area contributed by atoms with Crippen LogP contribution < -0.4 is 10.2 Å². The number of hydrogen-bond acceptors (Lipinski definition) is 5. The first kappa shape index (κ1) is 15.1. The zero-order valence-electron chi connectivity index (χ0n) is 13.3. The molecule has 118 valence electrons. The highest BCUT2D eigenvalue weighted by molar-refractivity contribution is 5.85. The lowest BCUT2D eigenvalue weighted by Gasteiger charge is -2.14. The Hall–Kier alpha value is -2.76. The maximum atomic E-state index is 13.6. The molecule has 0 atom stereocenters. The number of fused-ring (bicyclic) bond motifs is 1. The van der Waals surface area contributed by atoms with Gasteiger partial charge in [-0.3, -0.25) is 4.98 Å². The van der Waals surface area contributed by atoms with E-state index in [0.29, 0.717) is 12.5 Å². The molecular formula is C17H18FN5. The van der Waals surface area contributed by atoms with Crippen molar-refractivity contribution in [3.63, 3.8) is 0 Å². The largest absolute Gasteiger partial charge is 0.360 e. The number of aryl methyl sites for hydroxylation is 1. The summed E-state index contributed by atoms with van der Waals surface area (Å²) in [5, 5.41) is 4.24. The maximum absolute atomic E-state index is 13.6. The molecule has 2 heterocycles. The molecule has 1 aromatic carbocycles. The van der Waals surface area contributed by atoms with Crippen LogP contribution in [0.5, 0.6) is 0 Å². The zero-order chi connectivity index (χ0) is 16.4. The third-order valence-electron chi connectivity index (χ3n) is 3.65. The van der Waals surface area contributed by atoms with Crippen LogP contribution in [0.3, 0.4) is 0 Å². The number of aromatic nitrogens is 3. The monoisotopic (exact) mass is 311 g/mol. The molecule has 0 fully saturated rings. The SMILES string of the molecule is Cc1ccc(CNc2ncc(F)c(N(C)C)n2)c2cccnc12. The molecule has 0 aliphatic rings. The minimum atomic E-state index is -0.439. The van der Waals surface area contributed by atoms with Crippen molar-refractivity contribution < 1.29 is 4.39 Å². The number of benzene rings is 1. The van der Waals surface area contributed by atoms with E-state index in [9.17, 15) is 4.39 Å². The Morgan fingerprint density at radius 2 is 2.00 bits per heavy atom. The van der Waals surface area contributed by atoms with Crippen LogP contribution in [0, 0.1) is 12.7 Å². The van der Waals surface area contributed by atoms with Gasteiger partial charge in [0.15, 0.2) is 11.6 Å². The van der Waals surface area contributed by atoms with Crippen LogP contribution in [0.1, 0.15) is 11.1 Å². The third kappa shape index (κ3) is 3.06. The van der Waals surface area contributed by atoms with Crippen LogP contribution in [0.4, 0.5) is 16.2 Å². The fourth-order valence-corrected chi connectivity index (χ4v) is 2.46. The van der Waals surface area contributed by atoms with Crippen molar-refractivity contribution in [2.75, 3.05) is 24.3 Å². The van der Waals surface area contributed by atoms with E-state index in [0.717, 1.165) is 22.0 Å². The van der Waals surface area contributed by atoms with Gasteiger partial charge in [0.1, 0.15) is 0 Å². The summed E-state index contributed by atoms with van der Waals surface area (Å²) < 4.78 is 13.6. The van der Waals surface area contributed by atoms with Gasteiger partial charge in [0.25, 0.3) is 0 Å². The molecule has 23 heavy (non-hydrogen) atoms. The summed E-state index contributed by atoms with van der Waals surface area (Å²) in [6, 6.07) is 8.07. The Balaban J connectivity index is 1.87. The van der Waals surface area contributed by atoms with Crippen LogP contribution in [0.15, 0.2) is 36.7 Å². The number of rotatable bonds is 4. The van der Waals surface area contributed by atoms with Crippen molar-refractivity contribution in [3.8, 4) is 0 Å². The third-order valence-corrected chi connectivity index (χ3v) is 3.65. The van der Waals surface area contributed by atoms with E-state index in [1.165, 1.54) is 6.20 Å². The second kappa shape index (κ2) is 6.16. The van der Waals surface area contributed by atoms with Gasteiger partial charge in [0, 0.05) is 32.2 Å². The number of halogens is 1. The van der Waals surface area contributed by atoms with Gasteiger partial charge in [0.05, 0.1) is 11.7 Å². The quantitative estimate of drug-likeness (QED) is 0.802. The second-order valence-corrected chi connectivity index (χ2v) is 5.55. The van der Waals surface area contributed by atoms with Crippen molar-refractivity contribution in [1.29, 1.82) is 0 Å². The molecule has 0 spiro atoms. The number of nitrogens with one attached hydrogen (secondary N) is 1. The summed E-state index contributed by atoms with van der Waals surface area (Å²) in [5.74, 6) is 0.219. The van der Waals surface area contributed by atoms with E-state index in [4.69, 9.17) is 0 Å². The predicted octanol–water partition coefficient (Wildman–Crippen LogP) is 3.15. The Bertz CT molecular complexity index is 848. The van der Waals surface area contributed by atoms with Crippen LogP contribution in [0.2, 0.25) is 0 Å². The van der Waals surface area contributed by atoms with E-state index in [2.05, 4.69) is 26.3 Å². The van der Waals surface area contributed by atoms with Crippen molar-refractivity contribution in [2.45, 2.75) is 13.5 Å². The summed E-state index contributed by atoms with van der Waals surface area (Å²) >= 11 is 0. The van der Waals surface area contributed by atoms with Crippen molar-refractivity contribution in [1.82, 2.24) is 15.0 Å². The Labute approximate surface area is 134 Å². The van der Waals surface area contributed by atoms with Gasteiger partial charge in [-0.15, -0.1) is 0 Å². The molecule has 0 unspecified atom stereocenters. The molecule has 0 saturated heterocycles. The molecule has 0 radical (unpaired) electrons. The van der Waals surface area contributed by atoms with E-state index >= 15 is 0 Å². The molecule has 1 N–H and O–H groups in total. The first-order valence-electron chi connectivity index (χ1n) is 7.33. The number of pyridine rings is 1. The molecular weight excluding hydrogens is 293 g/mol. The topological polar surface area (TPSA) is 53.9 Å². The lowest BCUT2D eigenvalue weighted by molar-refractivity contribution is 0.612. The summed E-state index contributed by atoms with van der Waals surface area (Å²) in [6.45, 7) is 2.58. The summed E-state index contributed by atoms with van der Waals surface area (Å²) in [4.78, 5) is 14.2. The van der Waals surface area contributed by atoms with Crippen LogP contribution in [0.25, 0.3) is 10.9 Å². The number of hydrogen-bond donors (Lipinski definition) is 1. The van der Waals surface area contributed by atoms with E-state index < -0.39 is 5.82 Å². The average molecular weight is 311 g/mol. The lowest BCUT2D eigenvalue weighted by Crippen LogP contribution is -2.15. The molecule has 3 aromatic rings. The van der Waals surface area contributed by atoms with Gasteiger partial charge in [-0.25, -0.2) is 9.37 Å². The molecule has 0 aliphatic carbocycles. The highest BCUT2D eigenvalue weighted by atomic mass is 19.1. The summed E-state index contributed by atoms with van der Waals surface area (Å²) in [5.41, 5.74) is 3.22. The molecule has 5 nitrogen and oxygen atoms in total. The van der Waals surface area contributed by atoms with Gasteiger partial charge in [-0.05, 0) is 24.1 Å². The fourth-order valence-electron chi connectivity index (χ4n) is 2.46. The molecule has 0 aliphatic heterocycles. The molecule has 6 heteroatoms. The van der Waals surface area contributed by atoms with Crippen molar-refractivity contribution in [2.24, 2.45) is 0 Å². The Kier molecular flexibility index (Phi) is 4.06. The van der Waals surface area contributed by atoms with Crippen molar-refractivity contribution in [3.05, 3.63) is 53.6 Å². The molecule has 2 aromatic heterocycles. The fraction of sp³-hybridized carbons (Fsp3) is 0.235. The molecule has 3 rings (SSSR count). The van der Waals surface area contributed by atoms with E-state index in [1.807, 2.05) is 25.1 Å². The van der Waals surface area contributed by atoms with Crippen LogP contribution >= 0.6 is 0 Å². The molecule has 0 amide bonds. The number of nitrogens with zero attached hydrogens (tertiary/aromatic N) is 4. The lowest BCUT2D eigenvalue weighted by atomic mass is 10.0. The minimum absolute atomic E-state index is 0.262. The second-order valence-electron chi connectivity index (χ2n) is 5.55. The first-order valence-corrected chi connectivity index (χ1v) is 7.33. The van der Waals surface area contributed by atoms with Crippen LogP contribution in [-0.2, 0) is 6.54 Å². The van der Waals surface area contributed by atoms with Crippen molar-refractivity contribution >= 4 is 22.7 Å². The first-order chi connectivity index (χ1) is 11.1. The summed E-state index contributed by atoms with van der Waals surface area (Å²) in [6.07, 6.45) is 2.97. The highest BCUT2D eigenvalue weighted by Gasteiger charge is 2.09. The van der Waals surface area contributed by atoms with Gasteiger partial charge in [-0.1, -0.05) is 18.2 Å². The van der Waals surface area contributed by atoms with Crippen LogP contribution in [-0.4, -0.2) is 29.0 Å². The van der Waals surface area contributed by atoms with E-state index in [-0.39, 0.29) is 5.82 Å². The standard InChI is InChI=1S/C17H18FN5/c1-11-6-7-12(13-5-4-8-19-15(11)13)9-20-17-21-10-14(18)16(22-17)23(2)3/h4-8,10H,9H2,1-3H3,(H,20,21,22). The molecule has 0 bridgehead atoms. The Morgan fingerprint density at radius 1 is 1.17 bits per heavy atom. The van der Waals surface area contributed by atoms with Gasteiger partial charge in [0.2, 0.25) is 5.95 Å². The zero-order valence-corrected chi connectivity index (χ0v) is 13.3. The number of anilines is 2. The highest BCUT2D eigenvalue weighted by Crippen LogP contribution is 2.21. The minimum Gasteiger partial charge on any atom is -0.360 e. The maximum Gasteiger partial charge on any atom is 0.225 e. The summed E-state index contributed by atoms with van der Waals surface area (Å²) in [7, 11) is 3.49. The van der Waals surface area contributed by atoms with Gasteiger partial charge >= 0.3 is 0 Å². The molecule has 0 saturated carbocycles. The normalized spacial score (nSPS) is 10.8. The van der Waals surface area contributed by atoms with Gasteiger partial charge < -0.3 is 10.2 Å². The predicted molar refractivity (Wildman–Crippen MR) is 90.1 cm³/mol.